The molecule has 6 heteroatoms. The van der Waals surface area contributed by atoms with Gasteiger partial charge in [-0.15, -0.1) is 0 Å². The largest absolute Gasteiger partial charge is 0.487 e. The Balaban J connectivity index is 3.12. The summed E-state index contributed by atoms with van der Waals surface area (Å²) < 4.78 is 5.27. The standard InChI is InChI=1S/C13H20N2O4/c1-4-19-12-7-5-6-10(13(12)15(17)18)14-11(8-16)9(2)3/h5-7,9,11,14,16H,4,8H2,1-3H3/t11-/m1/s1. The molecule has 106 valence electrons. The smallest absolute Gasteiger partial charge is 0.333 e. The minimum atomic E-state index is -0.470. The number of nitrogens with one attached hydrogen (secondary N) is 1. The van der Waals surface area contributed by atoms with Crippen LogP contribution in [0.1, 0.15) is 20.8 Å². The molecule has 0 aliphatic rings. The maximum atomic E-state index is 11.2. The van der Waals surface area contributed by atoms with Gasteiger partial charge in [0.15, 0.2) is 5.75 Å². The van der Waals surface area contributed by atoms with Crippen LogP contribution in [0.5, 0.6) is 5.75 Å². The molecule has 19 heavy (non-hydrogen) atoms. The lowest BCUT2D eigenvalue weighted by Crippen LogP contribution is -2.29. The quantitative estimate of drug-likeness (QED) is 0.586. The zero-order chi connectivity index (χ0) is 14.4. The van der Waals surface area contributed by atoms with E-state index in [9.17, 15) is 15.2 Å². The van der Waals surface area contributed by atoms with Crippen molar-refractivity contribution in [3.8, 4) is 5.75 Å². The van der Waals surface area contributed by atoms with E-state index in [0.29, 0.717) is 12.3 Å². The molecule has 0 amide bonds. The first kappa shape index (κ1) is 15.2. The second-order valence-electron chi connectivity index (χ2n) is 4.52. The molecule has 0 bridgehead atoms. The maximum absolute atomic E-state index is 11.2. The minimum Gasteiger partial charge on any atom is -0.487 e. The van der Waals surface area contributed by atoms with Gasteiger partial charge in [-0.25, -0.2) is 0 Å². The number of anilines is 1. The Morgan fingerprint density at radius 2 is 2.16 bits per heavy atom. The van der Waals surface area contributed by atoms with Crippen molar-refractivity contribution in [3.63, 3.8) is 0 Å². The normalized spacial score (nSPS) is 12.3. The van der Waals surface area contributed by atoms with E-state index in [0.717, 1.165) is 0 Å². The summed E-state index contributed by atoms with van der Waals surface area (Å²) in [6, 6.07) is 4.63. The summed E-state index contributed by atoms with van der Waals surface area (Å²) >= 11 is 0. The average Bonchev–Trinajstić information content (AvgIpc) is 2.35. The van der Waals surface area contributed by atoms with E-state index < -0.39 is 4.92 Å². The van der Waals surface area contributed by atoms with Crippen LogP contribution in [-0.4, -0.2) is 29.3 Å². The number of benzene rings is 1. The van der Waals surface area contributed by atoms with Crippen molar-refractivity contribution in [3.05, 3.63) is 28.3 Å². The topological polar surface area (TPSA) is 84.6 Å². The molecule has 6 nitrogen and oxygen atoms in total. The van der Waals surface area contributed by atoms with Crippen LogP contribution >= 0.6 is 0 Å². The fraction of sp³-hybridized carbons (Fsp3) is 0.538. The van der Waals surface area contributed by atoms with Gasteiger partial charge < -0.3 is 15.2 Å². The van der Waals surface area contributed by atoms with E-state index in [4.69, 9.17) is 4.74 Å². The number of ether oxygens (including phenoxy) is 1. The van der Waals surface area contributed by atoms with E-state index in [1.54, 1.807) is 25.1 Å². The van der Waals surface area contributed by atoms with Crippen LogP contribution in [0.25, 0.3) is 0 Å². The molecule has 0 unspecified atom stereocenters. The van der Waals surface area contributed by atoms with Crippen LogP contribution in [0.3, 0.4) is 0 Å². The van der Waals surface area contributed by atoms with Gasteiger partial charge in [0, 0.05) is 0 Å². The summed E-state index contributed by atoms with van der Waals surface area (Å²) in [5, 5.41) is 23.5. The molecule has 0 saturated heterocycles. The van der Waals surface area contributed by atoms with Gasteiger partial charge in [-0.05, 0) is 25.0 Å². The second-order valence-corrected chi connectivity index (χ2v) is 4.52. The number of nitro benzene ring substituents is 1. The number of aliphatic hydroxyl groups excluding tert-OH is 1. The SMILES string of the molecule is CCOc1cccc(N[C@H](CO)C(C)C)c1[N+](=O)[O-]. The molecule has 0 spiro atoms. The van der Waals surface area contributed by atoms with Crippen molar-refractivity contribution in [2.45, 2.75) is 26.8 Å². The van der Waals surface area contributed by atoms with Crippen molar-refractivity contribution >= 4 is 11.4 Å². The van der Waals surface area contributed by atoms with E-state index in [-0.39, 0.29) is 30.0 Å². The monoisotopic (exact) mass is 268 g/mol. The van der Waals surface area contributed by atoms with Crippen LogP contribution < -0.4 is 10.1 Å². The van der Waals surface area contributed by atoms with Crippen LogP contribution in [0.15, 0.2) is 18.2 Å². The molecule has 0 radical (unpaired) electrons. The van der Waals surface area contributed by atoms with Crippen molar-refractivity contribution < 1.29 is 14.8 Å². The highest BCUT2D eigenvalue weighted by molar-refractivity contribution is 5.68. The average molecular weight is 268 g/mol. The van der Waals surface area contributed by atoms with Gasteiger partial charge in [-0.1, -0.05) is 19.9 Å². The zero-order valence-electron chi connectivity index (χ0n) is 11.4. The molecule has 0 aromatic heterocycles. The van der Waals surface area contributed by atoms with Crippen LogP contribution in [0.2, 0.25) is 0 Å². The third-order valence-electron chi connectivity index (χ3n) is 2.82. The van der Waals surface area contributed by atoms with Gasteiger partial charge in [0.2, 0.25) is 0 Å². The highest BCUT2D eigenvalue weighted by Gasteiger charge is 2.23. The van der Waals surface area contributed by atoms with Crippen LogP contribution in [0.4, 0.5) is 11.4 Å². The van der Waals surface area contributed by atoms with Gasteiger partial charge in [0.05, 0.1) is 24.2 Å². The lowest BCUT2D eigenvalue weighted by Gasteiger charge is -2.21. The van der Waals surface area contributed by atoms with E-state index >= 15 is 0 Å². The maximum Gasteiger partial charge on any atom is 0.333 e. The van der Waals surface area contributed by atoms with Crippen molar-refractivity contribution in [2.24, 2.45) is 5.92 Å². The first-order chi connectivity index (χ1) is 9.01. The molecule has 0 aliphatic carbocycles. The summed E-state index contributed by atoms with van der Waals surface area (Å²) in [5.41, 5.74) is 0.271. The summed E-state index contributed by atoms with van der Waals surface area (Å²) in [4.78, 5) is 10.7. The molecule has 0 aliphatic heterocycles. The van der Waals surface area contributed by atoms with Gasteiger partial charge in [-0.3, -0.25) is 10.1 Å². The number of rotatable bonds is 7. The van der Waals surface area contributed by atoms with Crippen molar-refractivity contribution in [2.75, 3.05) is 18.5 Å². The number of aliphatic hydroxyl groups is 1. The summed E-state index contributed by atoms with van der Waals surface area (Å²) in [7, 11) is 0. The molecular weight excluding hydrogens is 248 g/mol. The predicted molar refractivity (Wildman–Crippen MR) is 73.6 cm³/mol. The Kier molecular flexibility index (Phi) is 5.57. The van der Waals surface area contributed by atoms with Gasteiger partial charge >= 0.3 is 5.69 Å². The van der Waals surface area contributed by atoms with Gasteiger partial charge in [-0.2, -0.15) is 0 Å². The van der Waals surface area contributed by atoms with E-state index in [2.05, 4.69) is 5.32 Å². The van der Waals surface area contributed by atoms with Crippen LogP contribution in [0, 0.1) is 16.0 Å². The lowest BCUT2D eigenvalue weighted by atomic mass is 10.0. The molecule has 1 rings (SSSR count). The summed E-state index contributed by atoms with van der Waals surface area (Å²) in [5.74, 6) is 0.387. The molecule has 0 fully saturated rings. The Bertz CT molecular complexity index is 435. The van der Waals surface area contributed by atoms with Crippen LogP contribution in [-0.2, 0) is 0 Å². The molecule has 1 aromatic rings. The Morgan fingerprint density at radius 3 is 2.63 bits per heavy atom. The highest BCUT2D eigenvalue weighted by Crippen LogP contribution is 2.35. The lowest BCUT2D eigenvalue weighted by molar-refractivity contribution is -0.385. The Morgan fingerprint density at radius 1 is 1.47 bits per heavy atom. The Labute approximate surface area is 112 Å². The van der Waals surface area contributed by atoms with Crippen molar-refractivity contribution in [1.29, 1.82) is 0 Å². The van der Waals surface area contributed by atoms with Gasteiger partial charge in [0.1, 0.15) is 5.69 Å². The second kappa shape index (κ2) is 6.94. The van der Waals surface area contributed by atoms with Crippen molar-refractivity contribution in [1.82, 2.24) is 0 Å². The number of hydrogen-bond acceptors (Lipinski definition) is 5. The number of para-hydroxylation sites is 1. The predicted octanol–water partition coefficient (Wildman–Crippen LogP) is 2.42. The molecular formula is C13H20N2O4. The number of nitro groups is 1. The fourth-order valence-electron chi connectivity index (χ4n) is 1.72. The first-order valence-electron chi connectivity index (χ1n) is 6.28. The molecule has 0 heterocycles. The molecule has 1 aromatic carbocycles. The van der Waals surface area contributed by atoms with Gasteiger partial charge in [0.25, 0.3) is 0 Å². The zero-order valence-corrected chi connectivity index (χ0v) is 11.4. The first-order valence-corrected chi connectivity index (χ1v) is 6.28. The Hall–Kier alpha value is -1.82. The third kappa shape index (κ3) is 3.82. The number of hydrogen-bond donors (Lipinski definition) is 2. The minimum absolute atomic E-state index is 0.0896. The fourth-order valence-corrected chi connectivity index (χ4v) is 1.72. The molecule has 2 N–H and O–H groups in total. The number of nitrogens with zero attached hydrogens (tertiary/aromatic N) is 1. The molecule has 0 saturated carbocycles. The summed E-state index contributed by atoms with van der Waals surface area (Å²) in [6.45, 7) is 5.91. The third-order valence-corrected chi connectivity index (χ3v) is 2.82. The van der Waals surface area contributed by atoms with E-state index in [1.807, 2.05) is 13.8 Å². The molecule has 1 atom stereocenters. The van der Waals surface area contributed by atoms with E-state index in [1.165, 1.54) is 0 Å². The summed E-state index contributed by atoms with van der Waals surface area (Å²) in [6.07, 6.45) is 0. The highest BCUT2D eigenvalue weighted by atomic mass is 16.6.